The molecule has 0 aromatic carbocycles. The summed E-state index contributed by atoms with van der Waals surface area (Å²) in [5.74, 6) is 3.29. The van der Waals surface area contributed by atoms with Gasteiger partial charge in [0.25, 0.3) is 0 Å². The highest BCUT2D eigenvalue weighted by atomic mass is 16.5. The Hall–Kier alpha value is -2.67. The minimum absolute atomic E-state index is 0.503. The monoisotopic (exact) mass is 339 g/mol. The molecule has 7 nitrogen and oxygen atoms in total. The Bertz CT molecular complexity index is 815. The van der Waals surface area contributed by atoms with Gasteiger partial charge in [0.15, 0.2) is 5.76 Å². The van der Waals surface area contributed by atoms with Crippen molar-refractivity contribution in [1.29, 1.82) is 0 Å². The normalized spacial score (nSPS) is 17.9. The number of furan rings is 1. The fourth-order valence-electron chi connectivity index (χ4n) is 3.13. The van der Waals surface area contributed by atoms with Crippen molar-refractivity contribution in [2.75, 3.05) is 25.0 Å². The Morgan fingerprint density at radius 2 is 2.20 bits per heavy atom. The van der Waals surface area contributed by atoms with Gasteiger partial charge in [-0.05, 0) is 50.1 Å². The van der Waals surface area contributed by atoms with Crippen molar-refractivity contribution in [3.63, 3.8) is 0 Å². The molecule has 1 atom stereocenters. The van der Waals surface area contributed by atoms with Crippen LogP contribution in [0.15, 0.2) is 45.5 Å². The summed E-state index contributed by atoms with van der Waals surface area (Å²) in [6.45, 7) is 5.65. The van der Waals surface area contributed by atoms with E-state index in [2.05, 4.69) is 25.3 Å². The van der Waals surface area contributed by atoms with Crippen molar-refractivity contribution >= 4 is 5.82 Å². The van der Waals surface area contributed by atoms with E-state index in [0.29, 0.717) is 29.9 Å². The third-order valence-electron chi connectivity index (χ3n) is 4.40. The highest BCUT2D eigenvalue weighted by Gasteiger charge is 2.24. The fraction of sp³-hybridized carbons (Fsp3) is 0.389. The lowest BCUT2D eigenvalue weighted by molar-refractivity contribution is 0.261. The van der Waals surface area contributed by atoms with Crippen LogP contribution in [0.4, 0.5) is 5.82 Å². The number of nitrogens with zero attached hydrogens (tertiary/aromatic N) is 4. The molecule has 0 aliphatic carbocycles. The van der Waals surface area contributed by atoms with Gasteiger partial charge in [0.1, 0.15) is 5.82 Å². The van der Waals surface area contributed by atoms with Crippen molar-refractivity contribution in [1.82, 2.24) is 20.0 Å². The van der Waals surface area contributed by atoms with Gasteiger partial charge in [-0.15, -0.1) is 0 Å². The molecule has 130 valence electrons. The van der Waals surface area contributed by atoms with Gasteiger partial charge in [-0.3, -0.25) is 4.90 Å². The van der Waals surface area contributed by atoms with Crippen LogP contribution in [0.3, 0.4) is 0 Å². The third kappa shape index (κ3) is 3.88. The number of likely N-dealkylation sites (tertiary alicyclic amines) is 1. The van der Waals surface area contributed by atoms with Crippen molar-refractivity contribution in [2.45, 2.75) is 19.9 Å². The second-order valence-corrected chi connectivity index (χ2v) is 6.42. The first-order chi connectivity index (χ1) is 12.3. The number of aryl methyl sites for hydroxylation is 1. The molecule has 1 saturated heterocycles. The van der Waals surface area contributed by atoms with E-state index < -0.39 is 0 Å². The molecule has 0 bridgehead atoms. The number of hydrogen-bond donors (Lipinski definition) is 1. The molecular formula is C18H21N5O2. The van der Waals surface area contributed by atoms with Crippen LogP contribution in [-0.2, 0) is 6.54 Å². The van der Waals surface area contributed by atoms with Gasteiger partial charge in [0, 0.05) is 18.8 Å². The second-order valence-electron chi connectivity index (χ2n) is 6.42. The standard InChI is InChI=1S/C18H21N5O2/c1-13-4-2-6-16(20-13)19-10-14-7-8-23(11-14)12-17-21-18(22-25-17)15-5-3-9-24-15/h2-6,9,14H,7-8,10-12H2,1H3,(H,19,20)/t14-/m0/s1. The molecule has 0 radical (unpaired) electrons. The maximum Gasteiger partial charge on any atom is 0.241 e. The molecular weight excluding hydrogens is 318 g/mol. The fourth-order valence-corrected chi connectivity index (χ4v) is 3.13. The van der Waals surface area contributed by atoms with Crippen LogP contribution in [0.1, 0.15) is 18.0 Å². The lowest BCUT2D eigenvalue weighted by atomic mass is 10.1. The summed E-state index contributed by atoms with van der Waals surface area (Å²) in [5, 5.41) is 7.41. The van der Waals surface area contributed by atoms with Gasteiger partial charge in [-0.2, -0.15) is 4.98 Å². The Morgan fingerprint density at radius 3 is 3.04 bits per heavy atom. The highest BCUT2D eigenvalue weighted by Crippen LogP contribution is 2.21. The first kappa shape index (κ1) is 15.8. The zero-order valence-corrected chi connectivity index (χ0v) is 14.2. The van der Waals surface area contributed by atoms with E-state index in [9.17, 15) is 0 Å². The number of hydrogen-bond acceptors (Lipinski definition) is 7. The lowest BCUT2D eigenvalue weighted by Crippen LogP contribution is -2.23. The first-order valence-electron chi connectivity index (χ1n) is 8.52. The minimum atomic E-state index is 0.503. The molecule has 0 spiro atoms. The summed E-state index contributed by atoms with van der Waals surface area (Å²) in [4.78, 5) is 11.2. The van der Waals surface area contributed by atoms with Crippen LogP contribution in [-0.4, -0.2) is 39.7 Å². The predicted octanol–water partition coefficient (Wildman–Crippen LogP) is 2.97. The minimum Gasteiger partial charge on any atom is -0.461 e. The van der Waals surface area contributed by atoms with E-state index in [0.717, 1.165) is 37.6 Å². The zero-order chi connectivity index (χ0) is 17.1. The molecule has 0 amide bonds. The molecule has 4 rings (SSSR count). The summed E-state index contributed by atoms with van der Waals surface area (Å²) < 4.78 is 10.6. The van der Waals surface area contributed by atoms with Crippen LogP contribution < -0.4 is 5.32 Å². The molecule has 7 heteroatoms. The summed E-state index contributed by atoms with van der Waals surface area (Å²) in [6, 6.07) is 9.67. The van der Waals surface area contributed by atoms with E-state index >= 15 is 0 Å². The molecule has 3 aromatic heterocycles. The van der Waals surface area contributed by atoms with E-state index in [-0.39, 0.29) is 0 Å². The Labute approximate surface area is 146 Å². The molecule has 0 unspecified atom stereocenters. The molecule has 1 N–H and O–H groups in total. The predicted molar refractivity (Wildman–Crippen MR) is 92.8 cm³/mol. The summed E-state index contributed by atoms with van der Waals surface area (Å²) in [6.07, 6.45) is 2.75. The first-order valence-corrected chi connectivity index (χ1v) is 8.52. The molecule has 0 saturated carbocycles. The number of pyridine rings is 1. The van der Waals surface area contributed by atoms with E-state index in [1.54, 1.807) is 6.26 Å². The molecule has 1 aliphatic rings. The van der Waals surface area contributed by atoms with Crippen LogP contribution >= 0.6 is 0 Å². The summed E-state index contributed by atoms with van der Waals surface area (Å²) in [7, 11) is 0. The Balaban J connectivity index is 1.28. The molecule has 1 fully saturated rings. The molecule has 4 heterocycles. The lowest BCUT2D eigenvalue weighted by Gasteiger charge is -2.14. The van der Waals surface area contributed by atoms with Crippen molar-refractivity contribution in [2.24, 2.45) is 5.92 Å². The number of rotatable bonds is 6. The smallest absolute Gasteiger partial charge is 0.241 e. The van der Waals surface area contributed by atoms with Gasteiger partial charge < -0.3 is 14.3 Å². The number of nitrogens with one attached hydrogen (secondary N) is 1. The topological polar surface area (TPSA) is 80.2 Å². The maximum absolute atomic E-state index is 5.34. The van der Waals surface area contributed by atoms with Crippen LogP contribution in [0.5, 0.6) is 0 Å². The highest BCUT2D eigenvalue weighted by molar-refractivity contribution is 5.44. The zero-order valence-electron chi connectivity index (χ0n) is 14.2. The Kier molecular flexibility index (Phi) is 4.47. The van der Waals surface area contributed by atoms with E-state index in [4.69, 9.17) is 8.94 Å². The van der Waals surface area contributed by atoms with Gasteiger partial charge in [-0.25, -0.2) is 4.98 Å². The second kappa shape index (κ2) is 7.06. The number of anilines is 1. The van der Waals surface area contributed by atoms with Crippen LogP contribution in [0.25, 0.3) is 11.6 Å². The van der Waals surface area contributed by atoms with Gasteiger partial charge in [0.05, 0.1) is 12.8 Å². The quantitative estimate of drug-likeness (QED) is 0.739. The van der Waals surface area contributed by atoms with Crippen molar-refractivity contribution < 1.29 is 8.94 Å². The third-order valence-corrected chi connectivity index (χ3v) is 4.40. The van der Waals surface area contributed by atoms with Crippen LogP contribution in [0, 0.1) is 12.8 Å². The van der Waals surface area contributed by atoms with E-state index in [1.165, 1.54) is 0 Å². The molecule has 1 aliphatic heterocycles. The van der Waals surface area contributed by atoms with Crippen molar-refractivity contribution in [3.8, 4) is 11.6 Å². The average Bonchev–Trinajstić information content (AvgIpc) is 3.35. The SMILES string of the molecule is Cc1cccc(NC[C@@H]2CCN(Cc3nc(-c4ccco4)no3)C2)n1. The van der Waals surface area contributed by atoms with E-state index in [1.807, 2.05) is 37.3 Å². The molecule has 3 aromatic rings. The summed E-state index contributed by atoms with van der Waals surface area (Å²) in [5.41, 5.74) is 1.03. The maximum atomic E-state index is 5.34. The number of aromatic nitrogens is 3. The summed E-state index contributed by atoms with van der Waals surface area (Å²) >= 11 is 0. The van der Waals surface area contributed by atoms with Crippen molar-refractivity contribution in [3.05, 3.63) is 48.2 Å². The average molecular weight is 339 g/mol. The van der Waals surface area contributed by atoms with Gasteiger partial charge in [-0.1, -0.05) is 11.2 Å². The van der Waals surface area contributed by atoms with Gasteiger partial charge >= 0.3 is 0 Å². The Morgan fingerprint density at radius 1 is 1.24 bits per heavy atom. The largest absolute Gasteiger partial charge is 0.461 e. The van der Waals surface area contributed by atoms with Crippen LogP contribution in [0.2, 0.25) is 0 Å². The molecule has 25 heavy (non-hydrogen) atoms. The van der Waals surface area contributed by atoms with Gasteiger partial charge in [0.2, 0.25) is 11.7 Å².